The molecule has 0 unspecified atom stereocenters. The zero-order valence-corrected chi connectivity index (χ0v) is 9.26. The van der Waals surface area contributed by atoms with Crippen LogP contribution in [0.1, 0.15) is 28.4 Å². The number of esters is 1. The smallest absolute Gasteiger partial charge is 0.339 e. The summed E-state index contributed by atoms with van der Waals surface area (Å²) in [5.41, 5.74) is 1.48. The first-order valence-corrected chi connectivity index (χ1v) is 4.85. The first kappa shape index (κ1) is 11.5. The highest BCUT2D eigenvalue weighted by atomic mass is 35.5. The minimum Gasteiger partial charge on any atom is -0.462 e. The molecule has 0 radical (unpaired) electrons. The van der Waals surface area contributed by atoms with Gasteiger partial charge in [0, 0.05) is 0 Å². The summed E-state index contributed by atoms with van der Waals surface area (Å²) in [4.78, 5) is 11.4. The summed E-state index contributed by atoms with van der Waals surface area (Å²) in [5.74, 6) is -0.463. The van der Waals surface area contributed by atoms with E-state index in [1.54, 1.807) is 19.9 Å². The first-order valence-electron chi connectivity index (χ1n) is 4.47. The fourth-order valence-corrected chi connectivity index (χ4v) is 1.41. The Morgan fingerprint density at radius 1 is 1.60 bits per heavy atom. The average molecular weight is 224 g/mol. The molecule has 3 nitrogen and oxygen atoms in total. The van der Waals surface area contributed by atoms with E-state index < -0.39 is 5.97 Å². The SMILES string of the molecule is CCOC(=O)c1cc(C)c(C#N)cc1Cl. The quantitative estimate of drug-likeness (QED) is 0.725. The lowest BCUT2D eigenvalue weighted by molar-refractivity contribution is 0.0526. The predicted molar refractivity (Wildman–Crippen MR) is 56.9 cm³/mol. The van der Waals surface area contributed by atoms with E-state index in [2.05, 4.69) is 0 Å². The maximum Gasteiger partial charge on any atom is 0.339 e. The number of nitriles is 1. The van der Waals surface area contributed by atoms with Gasteiger partial charge >= 0.3 is 5.97 Å². The Balaban J connectivity index is 3.17. The fourth-order valence-electron chi connectivity index (χ4n) is 1.17. The van der Waals surface area contributed by atoms with Crippen LogP contribution in [0.5, 0.6) is 0 Å². The summed E-state index contributed by atoms with van der Waals surface area (Å²) >= 11 is 5.86. The van der Waals surface area contributed by atoms with Gasteiger partial charge in [0.15, 0.2) is 0 Å². The zero-order chi connectivity index (χ0) is 11.4. The largest absolute Gasteiger partial charge is 0.462 e. The maximum atomic E-state index is 11.4. The van der Waals surface area contributed by atoms with E-state index in [0.717, 1.165) is 0 Å². The van der Waals surface area contributed by atoms with Crippen LogP contribution in [0.15, 0.2) is 12.1 Å². The lowest BCUT2D eigenvalue weighted by Gasteiger charge is -2.06. The Morgan fingerprint density at radius 2 is 2.27 bits per heavy atom. The molecule has 1 aromatic rings. The second kappa shape index (κ2) is 4.81. The number of carbonyl (C=O) groups is 1. The van der Waals surface area contributed by atoms with E-state index in [1.807, 2.05) is 6.07 Å². The number of benzene rings is 1. The maximum absolute atomic E-state index is 11.4. The van der Waals surface area contributed by atoms with Gasteiger partial charge in [-0.3, -0.25) is 0 Å². The molecule has 0 amide bonds. The second-order valence-electron chi connectivity index (χ2n) is 2.98. The van der Waals surface area contributed by atoms with Crippen molar-refractivity contribution < 1.29 is 9.53 Å². The molecule has 0 heterocycles. The van der Waals surface area contributed by atoms with Gasteiger partial charge in [-0.05, 0) is 31.5 Å². The Kier molecular flexibility index (Phi) is 3.70. The minimum atomic E-state index is -0.463. The van der Waals surface area contributed by atoms with E-state index in [4.69, 9.17) is 21.6 Å². The lowest BCUT2D eigenvalue weighted by Crippen LogP contribution is -2.06. The van der Waals surface area contributed by atoms with Crippen molar-refractivity contribution in [3.63, 3.8) is 0 Å². The Hall–Kier alpha value is -1.53. The van der Waals surface area contributed by atoms with Crippen LogP contribution in [0.2, 0.25) is 5.02 Å². The molecule has 4 heteroatoms. The van der Waals surface area contributed by atoms with Crippen molar-refractivity contribution in [3.8, 4) is 6.07 Å². The lowest BCUT2D eigenvalue weighted by atomic mass is 10.1. The molecule has 1 aromatic carbocycles. The highest BCUT2D eigenvalue weighted by molar-refractivity contribution is 6.33. The van der Waals surface area contributed by atoms with Crippen LogP contribution in [0.25, 0.3) is 0 Å². The number of halogens is 1. The third kappa shape index (κ3) is 2.48. The van der Waals surface area contributed by atoms with Crippen LogP contribution >= 0.6 is 11.6 Å². The van der Waals surface area contributed by atoms with E-state index in [1.165, 1.54) is 6.07 Å². The molecule has 0 atom stereocenters. The van der Waals surface area contributed by atoms with Crippen LogP contribution in [0.4, 0.5) is 0 Å². The molecular formula is C11H10ClNO2. The molecule has 0 saturated heterocycles. The number of rotatable bonds is 2. The standard InChI is InChI=1S/C11H10ClNO2/c1-3-15-11(14)9-4-7(2)8(6-13)5-10(9)12/h4-5H,3H2,1-2H3. The highest BCUT2D eigenvalue weighted by Gasteiger charge is 2.13. The molecule has 78 valence electrons. The van der Waals surface area contributed by atoms with E-state index in [0.29, 0.717) is 23.3 Å². The summed E-state index contributed by atoms with van der Waals surface area (Å²) < 4.78 is 4.83. The van der Waals surface area contributed by atoms with Crippen LogP contribution < -0.4 is 0 Å². The van der Waals surface area contributed by atoms with Gasteiger partial charge in [-0.15, -0.1) is 0 Å². The van der Waals surface area contributed by atoms with Crippen molar-refractivity contribution >= 4 is 17.6 Å². The van der Waals surface area contributed by atoms with Crippen molar-refractivity contribution in [1.29, 1.82) is 5.26 Å². The number of nitrogens with zero attached hydrogens (tertiary/aromatic N) is 1. The normalized spacial score (nSPS) is 9.47. The molecule has 0 spiro atoms. The van der Waals surface area contributed by atoms with E-state index in [9.17, 15) is 4.79 Å². The van der Waals surface area contributed by atoms with Gasteiger partial charge in [-0.25, -0.2) is 4.79 Å². The van der Waals surface area contributed by atoms with Gasteiger partial charge in [0.2, 0.25) is 0 Å². The second-order valence-corrected chi connectivity index (χ2v) is 3.39. The topological polar surface area (TPSA) is 50.1 Å². The molecular weight excluding hydrogens is 214 g/mol. The van der Waals surface area contributed by atoms with E-state index in [-0.39, 0.29) is 5.02 Å². The number of carbonyl (C=O) groups excluding carboxylic acids is 1. The highest BCUT2D eigenvalue weighted by Crippen LogP contribution is 2.21. The van der Waals surface area contributed by atoms with Crippen molar-refractivity contribution in [2.45, 2.75) is 13.8 Å². The van der Waals surface area contributed by atoms with Crippen LogP contribution in [-0.4, -0.2) is 12.6 Å². The molecule has 0 aliphatic carbocycles. The van der Waals surface area contributed by atoms with Crippen molar-refractivity contribution in [2.24, 2.45) is 0 Å². The number of aryl methyl sites for hydroxylation is 1. The van der Waals surface area contributed by atoms with Gasteiger partial charge in [-0.2, -0.15) is 5.26 Å². The third-order valence-electron chi connectivity index (χ3n) is 1.93. The fraction of sp³-hybridized carbons (Fsp3) is 0.273. The summed E-state index contributed by atoms with van der Waals surface area (Å²) in [5, 5.41) is 9.00. The molecule has 0 aliphatic heterocycles. The van der Waals surface area contributed by atoms with Crippen molar-refractivity contribution in [3.05, 3.63) is 33.8 Å². The van der Waals surface area contributed by atoms with Gasteiger partial charge in [-0.1, -0.05) is 11.6 Å². The summed E-state index contributed by atoms with van der Waals surface area (Å²) in [7, 11) is 0. The molecule has 0 aromatic heterocycles. The van der Waals surface area contributed by atoms with Crippen molar-refractivity contribution in [1.82, 2.24) is 0 Å². The van der Waals surface area contributed by atoms with Gasteiger partial charge in [0.1, 0.15) is 0 Å². The molecule has 0 aliphatic rings. The number of hydrogen-bond acceptors (Lipinski definition) is 3. The van der Waals surface area contributed by atoms with Crippen LogP contribution in [-0.2, 0) is 4.74 Å². The predicted octanol–water partition coefficient (Wildman–Crippen LogP) is 2.70. The van der Waals surface area contributed by atoms with E-state index >= 15 is 0 Å². The summed E-state index contributed by atoms with van der Waals surface area (Å²) in [6, 6.07) is 5.04. The molecule has 1 rings (SSSR count). The van der Waals surface area contributed by atoms with Gasteiger partial charge in [0.25, 0.3) is 0 Å². The Morgan fingerprint density at radius 3 is 2.80 bits per heavy atom. The Labute approximate surface area is 93.2 Å². The first-order chi connectivity index (χ1) is 7.10. The third-order valence-corrected chi connectivity index (χ3v) is 2.24. The molecule has 0 saturated carbocycles. The molecule has 0 N–H and O–H groups in total. The number of hydrogen-bond donors (Lipinski definition) is 0. The van der Waals surface area contributed by atoms with Gasteiger partial charge in [0.05, 0.1) is 28.8 Å². The summed E-state index contributed by atoms with van der Waals surface area (Å²) in [6.07, 6.45) is 0. The van der Waals surface area contributed by atoms with Crippen LogP contribution in [0.3, 0.4) is 0 Å². The number of ether oxygens (including phenoxy) is 1. The molecule has 0 fully saturated rings. The monoisotopic (exact) mass is 223 g/mol. The zero-order valence-electron chi connectivity index (χ0n) is 8.50. The van der Waals surface area contributed by atoms with Gasteiger partial charge < -0.3 is 4.74 Å². The summed E-state index contributed by atoms with van der Waals surface area (Å²) in [6.45, 7) is 3.77. The van der Waals surface area contributed by atoms with Crippen LogP contribution in [0, 0.1) is 18.3 Å². The Bertz CT molecular complexity index is 435. The average Bonchev–Trinajstić information content (AvgIpc) is 2.21. The minimum absolute atomic E-state index is 0.246. The molecule has 0 bridgehead atoms. The van der Waals surface area contributed by atoms with Crippen molar-refractivity contribution in [2.75, 3.05) is 6.61 Å². The molecule has 15 heavy (non-hydrogen) atoms.